The zero-order valence-corrected chi connectivity index (χ0v) is 28.1. The number of nitrogens with zero attached hydrogens (tertiary/aromatic N) is 1. The lowest BCUT2D eigenvalue weighted by Crippen LogP contribution is -2.67. The van der Waals surface area contributed by atoms with Gasteiger partial charge in [-0.15, -0.1) is 0 Å². The number of benzene rings is 6. The molecule has 1 saturated heterocycles. The summed E-state index contributed by atoms with van der Waals surface area (Å²) in [7, 11) is 0. The van der Waals surface area contributed by atoms with E-state index < -0.39 is 25.0 Å². The molecule has 1 aliphatic rings. The van der Waals surface area contributed by atoms with Crippen LogP contribution in [0.4, 0.5) is 0 Å². The molecule has 1 unspecified atom stereocenters. The third kappa shape index (κ3) is 6.29. The van der Waals surface area contributed by atoms with Crippen molar-refractivity contribution in [3.05, 3.63) is 199 Å². The van der Waals surface area contributed by atoms with E-state index in [1.807, 2.05) is 158 Å². The summed E-state index contributed by atoms with van der Waals surface area (Å²) in [6.07, 6.45) is -0.742. The topological polar surface area (TPSA) is 75.7 Å². The zero-order valence-electron chi connectivity index (χ0n) is 27.2. The molecule has 246 valence electrons. The Hall–Kier alpha value is -5.97. The highest BCUT2D eigenvalue weighted by molar-refractivity contribution is 7.96. The quantitative estimate of drug-likeness (QED) is 0.109. The van der Waals surface area contributed by atoms with E-state index in [1.54, 1.807) is 24.3 Å². The molecule has 0 aliphatic carbocycles. The first-order chi connectivity index (χ1) is 24.6. The van der Waals surface area contributed by atoms with Crippen molar-refractivity contribution in [3.8, 4) is 0 Å². The van der Waals surface area contributed by atoms with Crippen molar-refractivity contribution in [2.75, 3.05) is 6.54 Å². The zero-order chi connectivity index (χ0) is 34.3. The van der Waals surface area contributed by atoms with Gasteiger partial charge in [-0.3, -0.25) is 9.59 Å². The molecule has 0 spiro atoms. The Morgan fingerprint density at radius 1 is 0.580 bits per heavy atom. The fraction of sp³-hybridized carbons (Fsp3) is 0.0698. The predicted octanol–water partition coefficient (Wildman–Crippen LogP) is 6.08. The summed E-state index contributed by atoms with van der Waals surface area (Å²) in [5.41, 5.74) is 2.32. The van der Waals surface area contributed by atoms with Crippen LogP contribution >= 0.6 is 6.89 Å². The second kappa shape index (κ2) is 14.7. The molecule has 1 N–H and O–H groups in total. The van der Waals surface area contributed by atoms with E-state index in [4.69, 9.17) is 4.74 Å². The molecule has 50 heavy (non-hydrogen) atoms. The smallest absolute Gasteiger partial charge is 0.356 e. The van der Waals surface area contributed by atoms with Crippen molar-refractivity contribution in [1.82, 2.24) is 10.2 Å². The average molecular weight is 675 g/mol. The Morgan fingerprint density at radius 3 is 1.36 bits per heavy atom. The Balaban J connectivity index is 1.45. The lowest BCUT2D eigenvalue weighted by Gasteiger charge is -2.43. The van der Waals surface area contributed by atoms with E-state index in [2.05, 4.69) is 5.32 Å². The van der Waals surface area contributed by atoms with Gasteiger partial charge in [0, 0.05) is 12.4 Å². The molecule has 6 aromatic carbocycles. The van der Waals surface area contributed by atoms with Gasteiger partial charge >= 0.3 is 5.97 Å². The van der Waals surface area contributed by atoms with Crippen molar-refractivity contribution in [2.45, 2.75) is 12.1 Å². The van der Waals surface area contributed by atoms with Gasteiger partial charge in [0.2, 0.25) is 0 Å². The number of hydrogen-bond donors (Lipinski definition) is 1. The molecule has 1 fully saturated rings. The summed E-state index contributed by atoms with van der Waals surface area (Å²) >= 11 is 0. The van der Waals surface area contributed by atoms with E-state index in [9.17, 15) is 9.59 Å². The number of esters is 1. The second-order valence-electron chi connectivity index (χ2n) is 11.9. The number of ether oxygens (including phenoxy) is 1. The molecule has 6 aromatic rings. The first kappa shape index (κ1) is 32.6. The lowest BCUT2D eigenvalue weighted by atomic mass is 10.0. The highest BCUT2D eigenvalue weighted by atomic mass is 31.2. The number of nitrogens with one attached hydrogen (secondary N) is 1. The molecule has 6 nitrogen and oxygen atoms in total. The maximum absolute atomic E-state index is 15.3. The Bertz CT molecular complexity index is 2000. The van der Waals surface area contributed by atoms with Gasteiger partial charge in [-0.1, -0.05) is 170 Å². The van der Waals surface area contributed by atoms with Gasteiger partial charge in [0.15, 0.2) is 6.10 Å². The SMILES string of the molecule is O=C(OC(c1ccccc1)c1ccccc1)C(N1CC(NC(=O)c2ccccc2)C1=O)=P(c1ccccc1)(c1ccccc1)c1ccccc1. The number of β-lactam (4-membered cyclic amide) rings is 1. The molecular weight excluding hydrogens is 639 g/mol. The van der Waals surface area contributed by atoms with Crippen LogP contribution in [0.1, 0.15) is 27.6 Å². The van der Waals surface area contributed by atoms with E-state index in [0.29, 0.717) is 5.56 Å². The van der Waals surface area contributed by atoms with E-state index in [0.717, 1.165) is 27.0 Å². The van der Waals surface area contributed by atoms with Crippen LogP contribution in [0.5, 0.6) is 0 Å². The molecule has 7 rings (SSSR count). The minimum Gasteiger partial charge on any atom is -0.448 e. The van der Waals surface area contributed by atoms with E-state index in [1.165, 1.54) is 4.90 Å². The minimum absolute atomic E-state index is 0.109. The molecule has 2 amide bonds. The van der Waals surface area contributed by atoms with Gasteiger partial charge in [-0.05, 0) is 39.2 Å². The summed E-state index contributed by atoms with van der Waals surface area (Å²) < 4.78 is 6.62. The third-order valence-corrected chi connectivity index (χ3v) is 13.2. The van der Waals surface area contributed by atoms with Crippen LogP contribution in [-0.2, 0) is 14.3 Å². The van der Waals surface area contributed by atoms with Gasteiger partial charge in [0.25, 0.3) is 11.8 Å². The van der Waals surface area contributed by atoms with Crippen molar-refractivity contribution < 1.29 is 19.1 Å². The monoisotopic (exact) mass is 674 g/mol. The van der Waals surface area contributed by atoms with Gasteiger partial charge in [0.1, 0.15) is 11.5 Å². The molecule has 0 bridgehead atoms. The number of likely N-dealkylation sites (tertiary alicyclic amines) is 1. The predicted molar refractivity (Wildman–Crippen MR) is 200 cm³/mol. The molecule has 7 heteroatoms. The fourth-order valence-electron chi connectivity index (χ4n) is 6.50. The molecular formula is C43H35N2O4P. The van der Waals surface area contributed by atoms with E-state index in [-0.39, 0.29) is 23.8 Å². The van der Waals surface area contributed by atoms with Gasteiger partial charge in [-0.25, -0.2) is 4.79 Å². The molecule has 1 atom stereocenters. The number of rotatable bonds is 10. The first-order valence-corrected chi connectivity index (χ1v) is 18.3. The molecule has 0 radical (unpaired) electrons. The molecule has 0 saturated carbocycles. The number of amides is 2. The Morgan fingerprint density at radius 2 is 0.960 bits per heavy atom. The van der Waals surface area contributed by atoms with Crippen LogP contribution in [0.25, 0.3) is 0 Å². The van der Waals surface area contributed by atoms with Gasteiger partial charge < -0.3 is 15.0 Å². The highest BCUT2D eigenvalue weighted by Crippen LogP contribution is 2.48. The van der Waals surface area contributed by atoms with Crippen LogP contribution in [0.15, 0.2) is 182 Å². The second-order valence-corrected chi connectivity index (χ2v) is 15.3. The van der Waals surface area contributed by atoms with Crippen LogP contribution < -0.4 is 21.2 Å². The number of carbonyl (C=O) groups excluding carboxylic acids is 3. The van der Waals surface area contributed by atoms with Gasteiger partial charge in [-0.2, -0.15) is 0 Å². The lowest BCUT2D eigenvalue weighted by molar-refractivity contribution is -0.145. The number of carbonyl (C=O) groups is 3. The summed E-state index contributed by atoms with van der Waals surface area (Å²) in [6, 6.07) is 56.9. The largest absolute Gasteiger partial charge is 0.448 e. The summed E-state index contributed by atoms with van der Waals surface area (Å²) in [5.74, 6) is -1.32. The van der Waals surface area contributed by atoms with Crippen LogP contribution in [0, 0.1) is 0 Å². The average Bonchev–Trinajstić information content (AvgIpc) is 3.19. The van der Waals surface area contributed by atoms with Crippen molar-refractivity contribution in [1.29, 1.82) is 0 Å². The van der Waals surface area contributed by atoms with Crippen molar-refractivity contribution >= 4 is 46.0 Å². The summed E-state index contributed by atoms with van der Waals surface area (Å²) in [5, 5.41) is 5.57. The molecule has 0 aromatic heterocycles. The minimum atomic E-state index is -3.10. The number of hydrogen-bond acceptors (Lipinski definition) is 4. The Labute approximate surface area is 292 Å². The van der Waals surface area contributed by atoms with Crippen LogP contribution in [0.2, 0.25) is 0 Å². The third-order valence-electron chi connectivity index (χ3n) is 8.89. The van der Waals surface area contributed by atoms with Gasteiger partial charge in [0.05, 0.1) is 6.54 Å². The Kier molecular flexibility index (Phi) is 9.54. The first-order valence-electron chi connectivity index (χ1n) is 16.5. The standard InChI is InChI=1S/C43H35N2O4P/c46-40(34-23-11-3-12-24-34)44-38-31-45(41(38)47)42(43(48)49-39(32-19-7-1-8-20-32)33-21-9-2-10-22-33)50(35-25-13-4-14-26-35,36-27-15-5-16-28-36)37-29-17-6-18-30-37/h1-30,38-39H,31H2,(H,44,46). The van der Waals surface area contributed by atoms with E-state index >= 15 is 4.79 Å². The van der Waals surface area contributed by atoms with Crippen LogP contribution in [-0.4, -0.2) is 40.7 Å². The fourth-order valence-corrected chi connectivity index (χ4v) is 10.9. The maximum Gasteiger partial charge on any atom is 0.356 e. The van der Waals surface area contributed by atoms with Crippen molar-refractivity contribution in [3.63, 3.8) is 0 Å². The van der Waals surface area contributed by atoms with Crippen LogP contribution in [0.3, 0.4) is 0 Å². The van der Waals surface area contributed by atoms with Crippen molar-refractivity contribution in [2.24, 2.45) is 0 Å². The normalized spacial score (nSPS) is 14.1. The maximum atomic E-state index is 15.3. The summed E-state index contributed by atoms with van der Waals surface area (Å²) in [6.45, 7) is -2.99. The summed E-state index contributed by atoms with van der Waals surface area (Å²) in [4.78, 5) is 44.3. The highest BCUT2D eigenvalue weighted by Gasteiger charge is 2.48. The molecule has 1 heterocycles. The molecule has 1 aliphatic heterocycles.